The molecule has 94 valence electrons. The number of hydrogen-bond acceptors (Lipinski definition) is 2. The Morgan fingerprint density at radius 3 is 2.44 bits per heavy atom. The SMILES string of the molecule is CC(C)(C)C1CCCCC1NC1CCNC1. The third-order valence-electron chi connectivity index (χ3n) is 4.39. The zero-order valence-electron chi connectivity index (χ0n) is 11.2. The van der Waals surface area contributed by atoms with E-state index >= 15 is 0 Å². The Kier molecular flexibility index (Phi) is 3.91. The lowest BCUT2D eigenvalue weighted by molar-refractivity contribution is 0.124. The highest BCUT2D eigenvalue weighted by atomic mass is 15.0. The van der Waals surface area contributed by atoms with Crippen molar-refractivity contribution in [2.24, 2.45) is 11.3 Å². The van der Waals surface area contributed by atoms with Crippen molar-refractivity contribution in [3.8, 4) is 0 Å². The van der Waals surface area contributed by atoms with E-state index < -0.39 is 0 Å². The standard InChI is InChI=1S/C14H28N2/c1-14(2,3)12-6-4-5-7-13(12)16-11-8-9-15-10-11/h11-13,15-16H,4-10H2,1-3H3. The molecule has 16 heavy (non-hydrogen) atoms. The second kappa shape index (κ2) is 5.05. The van der Waals surface area contributed by atoms with Crippen LogP contribution in [0, 0.1) is 11.3 Å². The van der Waals surface area contributed by atoms with Gasteiger partial charge in [0.05, 0.1) is 0 Å². The summed E-state index contributed by atoms with van der Waals surface area (Å²) in [5, 5.41) is 7.36. The van der Waals surface area contributed by atoms with Crippen molar-refractivity contribution < 1.29 is 0 Å². The molecule has 1 heterocycles. The fourth-order valence-electron chi connectivity index (χ4n) is 3.47. The molecule has 3 unspecified atom stereocenters. The molecule has 2 fully saturated rings. The molecule has 0 bridgehead atoms. The second-order valence-electron chi connectivity index (χ2n) is 6.72. The van der Waals surface area contributed by atoms with Crippen LogP contribution in [0.1, 0.15) is 52.9 Å². The molecule has 1 saturated heterocycles. The summed E-state index contributed by atoms with van der Waals surface area (Å²) in [4.78, 5) is 0. The summed E-state index contributed by atoms with van der Waals surface area (Å²) in [7, 11) is 0. The molecule has 2 nitrogen and oxygen atoms in total. The van der Waals surface area contributed by atoms with Crippen LogP contribution in [0.2, 0.25) is 0 Å². The van der Waals surface area contributed by atoms with E-state index in [0.29, 0.717) is 5.41 Å². The Bertz CT molecular complexity index is 213. The largest absolute Gasteiger partial charge is 0.315 e. The van der Waals surface area contributed by atoms with Crippen LogP contribution in [-0.4, -0.2) is 25.2 Å². The third-order valence-corrected chi connectivity index (χ3v) is 4.39. The van der Waals surface area contributed by atoms with Gasteiger partial charge in [0.25, 0.3) is 0 Å². The number of hydrogen-bond donors (Lipinski definition) is 2. The predicted molar refractivity (Wildman–Crippen MR) is 69.6 cm³/mol. The van der Waals surface area contributed by atoms with Gasteiger partial charge in [-0.05, 0) is 37.1 Å². The van der Waals surface area contributed by atoms with Gasteiger partial charge in [0.2, 0.25) is 0 Å². The van der Waals surface area contributed by atoms with E-state index in [1.54, 1.807) is 0 Å². The van der Waals surface area contributed by atoms with Gasteiger partial charge < -0.3 is 10.6 Å². The summed E-state index contributed by atoms with van der Waals surface area (Å²) in [6, 6.07) is 1.49. The lowest BCUT2D eigenvalue weighted by Crippen LogP contribution is -2.48. The molecule has 0 aromatic heterocycles. The van der Waals surface area contributed by atoms with Crippen molar-refractivity contribution in [3.63, 3.8) is 0 Å². The van der Waals surface area contributed by atoms with Crippen LogP contribution in [0.5, 0.6) is 0 Å². The van der Waals surface area contributed by atoms with Crippen molar-refractivity contribution in [1.82, 2.24) is 10.6 Å². The lowest BCUT2D eigenvalue weighted by atomic mass is 9.69. The van der Waals surface area contributed by atoms with Crippen molar-refractivity contribution in [2.45, 2.75) is 65.0 Å². The second-order valence-corrected chi connectivity index (χ2v) is 6.72. The van der Waals surface area contributed by atoms with Crippen molar-refractivity contribution >= 4 is 0 Å². The quantitative estimate of drug-likeness (QED) is 0.753. The van der Waals surface area contributed by atoms with Crippen LogP contribution >= 0.6 is 0 Å². The third kappa shape index (κ3) is 2.98. The normalized spacial score (nSPS) is 36.6. The molecule has 0 spiro atoms. The molecule has 2 rings (SSSR count). The van der Waals surface area contributed by atoms with Gasteiger partial charge in [-0.25, -0.2) is 0 Å². The summed E-state index contributed by atoms with van der Waals surface area (Å²) in [6.45, 7) is 9.59. The highest BCUT2D eigenvalue weighted by molar-refractivity contribution is 4.91. The molecule has 2 aliphatic rings. The van der Waals surface area contributed by atoms with Gasteiger partial charge in [-0.1, -0.05) is 33.6 Å². The fraction of sp³-hybridized carbons (Fsp3) is 1.00. The maximum Gasteiger partial charge on any atom is 0.0207 e. The molecule has 1 saturated carbocycles. The Morgan fingerprint density at radius 1 is 1.06 bits per heavy atom. The van der Waals surface area contributed by atoms with Gasteiger partial charge in [-0.15, -0.1) is 0 Å². The van der Waals surface area contributed by atoms with E-state index in [1.165, 1.54) is 45.2 Å². The highest BCUT2D eigenvalue weighted by Crippen LogP contribution is 2.38. The van der Waals surface area contributed by atoms with E-state index in [4.69, 9.17) is 0 Å². The lowest BCUT2D eigenvalue weighted by Gasteiger charge is -2.42. The average molecular weight is 224 g/mol. The number of rotatable bonds is 2. The molecule has 1 aliphatic carbocycles. The van der Waals surface area contributed by atoms with Crippen LogP contribution in [0.3, 0.4) is 0 Å². The Labute approximate surface area is 101 Å². The first-order valence-corrected chi connectivity index (χ1v) is 7.04. The smallest absolute Gasteiger partial charge is 0.0207 e. The molecule has 3 atom stereocenters. The maximum atomic E-state index is 3.91. The topological polar surface area (TPSA) is 24.1 Å². The van der Waals surface area contributed by atoms with Gasteiger partial charge in [-0.3, -0.25) is 0 Å². The fourth-order valence-corrected chi connectivity index (χ4v) is 3.47. The first-order valence-electron chi connectivity index (χ1n) is 7.04. The first kappa shape index (κ1) is 12.4. The minimum Gasteiger partial charge on any atom is -0.315 e. The van der Waals surface area contributed by atoms with Crippen LogP contribution in [0.15, 0.2) is 0 Å². The monoisotopic (exact) mass is 224 g/mol. The Balaban J connectivity index is 1.93. The molecule has 0 radical (unpaired) electrons. The van der Waals surface area contributed by atoms with Crippen LogP contribution < -0.4 is 10.6 Å². The summed E-state index contributed by atoms with van der Waals surface area (Å²) >= 11 is 0. The van der Waals surface area contributed by atoms with Gasteiger partial charge in [0.1, 0.15) is 0 Å². The maximum absolute atomic E-state index is 3.91. The van der Waals surface area contributed by atoms with Gasteiger partial charge in [-0.2, -0.15) is 0 Å². The van der Waals surface area contributed by atoms with E-state index in [9.17, 15) is 0 Å². The zero-order valence-corrected chi connectivity index (χ0v) is 11.2. The molecule has 2 heteroatoms. The average Bonchev–Trinajstić information content (AvgIpc) is 2.70. The first-order chi connectivity index (χ1) is 7.57. The van der Waals surface area contributed by atoms with Crippen molar-refractivity contribution in [1.29, 1.82) is 0 Å². The molecule has 0 aromatic rings. The molecule has 2 N–H and O–H groups in total. The van der Waals surface area contributed by atoms with Crippen LogP contribution in [-0.2, 0) is 0 Å². The minimum absolute atomic E-state index is 0.462. The van der Waals surface area contributed by atoms with E-state index in [-0.39, 0.29) is 0 Å². The Hall–Kier alpha value is -0.0800. The van der Waals surface area contributed by atoms with Crippen molar-refractivity contribution in [3.05, 3.63) is 0 Å². The van der Waals surface area contributed by atoms with E-state index in [1.807, 2.05) is 0 Å². The van der Waals surface area contributed by atoms with Crippen LogP contribution in [0.25, 0.3) is 0 Å². The summed E-state index contributed by atoms with van der Waals surface area (Å²) in [5.41, 5.74) is 0.462. The number of nitrogens with one attached hydrogen (secondary N) is 2. The van der Waals surface area contributed by atoms with Crippen LogP contribution in [0.4, 0.5) is 0 Å². The highest BCUT2D eigenvalue weighted by Gasteiger charge is 2.35. The molecular weight excluding hydrogens is 196 g/mol. The minimum atomic E-state index is 0.462. The zero-order chi connectivity index (χ0) is 11.6. The summed E-state index contributed by atoms with van der Waals surface area (Å²) < 4.78 is 0. The summed E-state index contributed by atoms with van der Waals surface area (Å²) in [5.74, 6) is 0.863. The van der Waals surface area contributed by atoms with E-state index in [2.05, 4.69) is 31.4 Å². The van der Waals surface area contributed by atoms with Gasteiger partial charge in [0.15, 0.2) is 0 Å². The van der Waals surface area contributed by atoms with E-state index in [0.717, 1.165) is 18.0 Å². The molecule has 1 aliphatic heterocycles. The van der Waals surface area contributed by atoms with Gasteiger partial charge >= 0.3 is 0 Å². The summed E-state index contributed by atoms with van der Waals surface area (Å²) in [6.07, 6.45) is 6.97. The van der Waals surface area contributed by atoms with Crippen molar-refractivity contribution in [2.75, 3.05) is 13.1 Å². The van der Waals surface area contributed by atoms with Gasteiger partial charge in [0, 0.05) is 18.6 Å². The molecule has 0 aromatic carbocycles. The molecule has 0 amide bonds. The molecular formula is C14H28N2. The Morgan fingerprint density at radius 2 is 1.81 bits per heavy atom. The predicted octanol–water partition coefficient (Wildman–Crippen LogP) is 2.54.